The molecule has 0 atom stereocenters. The molecular formula is C12H9NO2. The highest BCUT2D eigenvalue weighted by Gasteiger charge is 2.10. The number of benzene rings is 1. The van der Waals surface area contributed by atoms with Gasteiger partial charge in [0.2, 0.25) is 0 Å². The molecule has 0 radical (unpaired) electrons. The molecule has 0 spiro atoms. The maximum Gasteiger partial charge on any atom is 0.336 e. The lowest BCUT2D eigenvalue weighted by atomic mass is 9.99. The van der Waals surface area contributed by atoms with Crippen LogP contribution in [-0.2, 0) is 0 Å². The Morgan fingerprint density at radius 3 is 2.27 bits per heavy atom. The molecule has 3 heteroatoms. The summed E-state index contributed by atoms with van der Waals surface area (Å²) in [7, 11) is 0. The largest absolute Gasteiger partial charge is 0.478 e. The molecule has 1 aromatic carbocycles. The predicted molar refractivity (Wildman–Crippen MR) is 55.4 cm³/mol. The van der Waals surface area contributed by atoms with Gasteiger partial charge in [0.15, 0.2) is 6.07 Å². The molecule has 74 valence electrons. The molecule has 15 heavy (non-hydrogen) atoms. The van der Waals surface area contributed by atoms with E-state index < -0.39 is 5.97 Å². The predicted octanol–water partition coefficient (Wildman–Crippen LogP) is 1.88. The van der Waals surface area contributed by atoms with Gasteiger partial charge in [-0.25, -0.2) is 4.79 Å². The number of aryl methyl sites for hydroxylation is 2. The molecule has 3 nitrogen and oxygen atoms in total. The summed E-state index contributed by atoms with van der Waals surface area (Å²) < 4.78 is 0. The van der Waals surface area contributed by atoms with E-state index in [-0.39, 0.29) is 0 Å². The fraction of sp³-hybridized carbons (Fsp3) is 0.167. The molecule has 0 saturated carbocycles. The fourth-order valence-electron chi connectivity index (χ4n) is 1.47. The minimum Gasteiger partial charge on any atom is -0.478 e. The SMILES string of the molecule is Cc1cc(C#CC#N)cc(C)c1C(=O)O. The van der Waals surface area contributed by atoms with Crippen LogP contribution in [0.5, 0.6) is 0 Å². The number of nitrogens with zero attached hydrogens (tertiary/aromatic N) is 1. The molecule has 0 fully saturated rings. The summed E-state index contributed by atoms with van der Waals surface area (Å²) in [6, 6.07) is 5.05. The van der Waals surface area contributed by atoms with Crippen LogP contribution in [0.15, 0.2) is 12.1 Å². The van der Waals surface area contributed by atoms with E-state index >= 15 is 0 Å². The van der Waals surface area contributed by atoms with Crippen LogP contribution in [-0.4, -0.2) is 11.1 Å². The van der Waals surface area contributed by atoms with Crippen LogP contribution >= 0.6 is 0 Å². The van der Waals surface area contributed by atoms with Gasteiger partial charge in [-0.3, -0.25) is 0 Å². The van der Waals surface area contributed by atoms with Crippen molar-refractivity contribution in [3.05, 3.63) is 34.4 Å². The van der Waals surface area contributed by atoms with Gasteiger partial charge in [0.25, 0.3) is 0 Å². The van der Waals surface area contributed by atoms with E-state index in [2.05, 4.69) is 11.8 Å². The first-order valence-corrected chi connectivity index (χ1v) is 4.31. The summed E-state index contributed by atoms with van der Waals surface area (Å²) in [5, 5.41) is 17.2. The Balaban J connectivity index is 3.33. The van der Waals surface area contributed by atoms with Crippen LogP contribution in [0.3, 0.4) is 0 Å². The smallest absolute Gasteiger partial charge is 0.336 e. The number of rotatable bonds is 1. The van der Waals surface area contributed by atoms with Gasteiger partial charge in [-0.05, 0) is 37.1 Å². The Morgan fingerprint density at radius 1 is 1.33 bits per heavy atom. The molecule has 1 N–H and O–H groups in total. The Bertz CT molecular complexity index is 490. The van der Waals surface area contributed by atoms with Crippen LogP contribution in [0.2, 0.25) is 0 Å². The number of carboxylic acids is 1. The van der Waals surface area contributed by atoms with E-state index in [4.69, 9.17) is 10.4 Å². The van der Waals surface area contributed by atoms with Crippen molar-refractivity contribution in [2.24, 2.45) is 0 Å². The first-order chi connectivity index (χ1) is 7.06. The lowest BCUT2D eigenvalue weighted by molar-refractivity contribution is 0.0695. The summed E-state index contributed by atoms with van der Waals surface area (Å²) in [5.41, 5.74) is 2.28. The molecule has 0 heterocycles. The minimum absolute atomic E-state index is 0.303. The van der Waals surface area contributed by atoms with Crippen LogP contribution in [0.25, 0.3) is 0 Å². The fourth-order valence-corrected chi connectivity index (χ4v) is 1.47. The van der Waals surface area contributed by atoms with E-state index in [0.717, 1.165) is 0 Å². The summed E-state index contributed by atoms with van der Waals surface area (Å²) in [6.07, 6.45) is 0. The van der Waals surface area contributed by atoms with Gasteiger partial charge >= 0.3 is 5.97 Å². The van der Waals surface area contributed by atoms with Gasteiger partial charge < -0.3 is 5.11 Å². The van der Waals surface area contributed by atoms with Gasteiger partial charge in [0.05, 0.1) is 5.56 Å². The molecule has 1 rings (SSSR count). The molecular weight excluding hydrogens is 190 g/mol. The highest BCUT2D eigenvalue weighted by Crippen LogP contribution is 2.16. The number of hydrogen-bond acceptors (Lipinski definition) is 2. The van der Waals surface area contributed by atoms with E-state index in [1.807, 2.05) is 0 Å². The van der Waals surface area contributed by atoms with Crippen LogP contribution in [0.4, 0.5) is 0 Å². The maximum absolute atomic E-state index is 10.9. The number of carboxylic acid groups (broad SMARTS) is 1. The normalized spacial score (nSPS) is 8.60. The quantitative estimate of drug-likeness (QED) is 0.702. The number of carbonyl (C=O) groups is 1. The highest BCUT2D eigenvalue weighted by atomic mass is 16.4. The highest BCUT2D eigenvalue weighted by molar-refractivity contribution is 5.91. The van der Waals surface area contributed by atoms with Crippen LogP contribution in [0, 0.1) is 37.0 Å². The third-order valence-electron chi connectivity index (χ3n) is 2.01. The third-order valence-corrected chi connectivity index (χ3v) is 2.01. The third kappa shape index (κ3) is 2.36. The number of nitriles is 1. The average Bonchev–Trinajstić information content (AvgIpc) is 2.12. The van der Waals surface area contributed by atoms with Gasteiger partial charge in [-0.1, -0.05) is 5.92 Å². The zero-order chi connectivity index (χ0) is 11.4. The first-order valence-electron chi connectivity index (χ1n) is 4.31. The van der Waals surface area contributed by atoms with Crippen LogP contribution < -0.4 is 0 Å². The Kier molecular flexibility index (Phi) is 3.10. The molecule has 0 aliphatic carbocycles. The summed E-state index contributed by atoms with van der Waals surface area (Å²) in [4.78, 5) is 10.9. The molecule has 0 aromatic heterocycles. The van der Waals surface area contributed by atoms with Gasteiger partial charge in [-0.15, -0.1) is 0 Å². The second kappa shape index (κ2) is 4.30. The van der Waals surface area contributed by atoms with E-state index in [9.17, 15) is 4.79 Å². The molecule has 0 aliphatic heterocycles. The van der Waals surface area contributed by atoms with Crippen molar-refractivity contribution < 1.29 is 9.90 Å². The molecule has 0 saturated heterocycles. The zero-order valence-corrected chi connectivity index (χ0v) is 8.46. The van der Waals surface area contributed by atoms with Gasteiger partial charge in [0.1, 0.15) is 0 Å². The second-order valence-corrected chi connectivity index (χ2v) is 3.15. The molecule has 0 unspecified atom stereocenters. The lowest BCUT2D eigenvalue weighted by Crippen LogP contribution is -2.03. The maximum atomic E-state index is 10.9. The summed E-state index contributed by atoms with van der Waals surface area (Å²) in [6.45, 7) is 3.43. The first kappa shape index (κ1) is 10.8. The molecule has 1 aromatic rings. The Morgan fingerprint density at radius 2 is 1.87 bits per heavy atom. The molecule has 0 amide bonds. The monoisotopic (exact) mass is 199 g/mol. The summed E-state index contributed by atoms with van der Waals surface area (Å²) in [5.74, 6) is 3.97. The second-order valence-electron chi connectivity index (χ2n) is 3.15. The lowest BCUT2D eigenvalue weighted by Gasteiger charge is -2.05. The van der Waals surface area contributed by atoms with Crippen LogP contribution in [0.1, 0.15) is 27.0 Å². The Hall–Kier alpha value is -2.26. The molecule has 0 aliphatic rings. The van der Waals surface area contributed by atoms with Crippen molar-refractivity contribution in [3.63, 3.8) is 0 Å². The average molecular weight is 199 g/mol. The van der Waals surface area contributed by atoms with Crippen molar-refractivity contribution in [1.29, 1.82) is 5.26 Å². The Labute approximate surface area is 88.0 Å². The van der Waals surface area contributed by atoms with Gasteiger partial charge in [-0.2, -0.15) is 5.26 Å². The zero-order valence-electron chi connectivity index (χ0n) is 8.46. The molecule has 0 bridgehead atoms. The van der Waals surface area contributed by atoms with E-state index in [1.165, 1.54) is 0 Å². The van der Waals surface area contributed by atoms with Crippen molar-refractivity contribution in [3.8, 4) is 17.9 Å². The minimum atomic E-state index is -0.940. The van der Waals surface area contributed by atoms with Gasteiger partial charge in [0, 0.05) is 11.5 Å². The van der Waals surface area contributed by atoms with Crippen molar-refractivity contribution in [2.45, 2.75) is 13.8 Å². The summed E-state index contributed by atoms with van der Waals surface area (Å²) >= 11 is 0. The van der Waals surface area contributed by atoms with Crippen molar-refractivity contribution in [1.82, 2.24) is 0 Å². The van der Waals surface area contributed by atoms with E-state index in [0.29, 0.717) is 22.3 Å². The topological polar surface area (TPSA) is 61.1 Å². The number of aromatic carboxylic acids is 1. The number of hydrogen-bond donors (Lipinski definition) is 1. The standard InChI is InChI=1S/C12H9NO2/c1-8-6-10(4-3-5-13)7-9(2)11(8)12(14)15/h6-7H,1-2H3,(H,14,15). The van der Waals surface area contributed by atoms with Crippen molar-refractivity contribution >= 4 is 5.97 Å². The van der Waals surface area contributed by atoms with E-state index in [1.54, 1.807) is 32.0 Å². The van der Waals surface area contributed by atoms with Crippen molar-refractivity contribution in [2.75, 3.05) is 0 Å².